The molecule has 0 spiro atoms. The number of pyridine rings is 1. The Kier molecular flexibility index (Phi) is 6.34. The topological polar surface area (TPSA) is 69.5 Å². The van der Waals surface area contributed by atoms with Crippen molar-refractivity contribution in [1.29, 1.82) is 5.26 Å². The number of carbonyl (C=O) groups excluding carboxylic acids is 1. The number of hydrogen-bond acceptors (Lipinski definition) is 5. The fraction of sp³-hybridized carbons (Fsp3) is 0.350. The first-order valence-electron chi connectivity index (χ1n) is 9.01. The molecule has 0 N–H and O–H groups in total. The van der Waals surface area contributed by atoms with Crippen molar-refractivity contribution in [2.24, 2.45) is 0 Å². The average molecular weight is 404 g/mol. The Morgan fingerprint density at radius 2 is 1.83 bits per heavy atom. The van der Waals surface area contributed by atoms with E-state index >= 15 is 0 Å². The second-order valence-electron chi connectivity index (χ2n) is 6.64. The smallest absolute Gasteiger partial charge is 0.422 e. The first kappa shape index (κ1) is 20.6. The minimum Gasteiger partial charge on any atom is -0.467 e. The van der Waals surface area contributed by atoms with Gasteiger partial charge in [-0.1, -0.05) is 12.1 Å². The van der Waals surface area contributed by atoms with Crippen LogP contribution in [0.2, 0.25) is 0 Å². The lowest BCUT2D eigenvalue weighted by molar-refractivity contribution is -0.154. The van der Waals surface area contributed by atoms with Gasteiger partial charge in [-0.2, -0.15) is 18.4 Å². The first-order valence-corrected chi connectivity index (χ1v) is 9.01. The number of benzene rings is 1. The number of hydrogen-bond donors (Lipinski definition) is 0. The lowest BCUT2D eigenvalue weighted by Gasteiger charge is -2.35. The van der Waals surface area contributed by atoms with Crippen LogP contribution in [-0.2, 0) is 6.54 Å². The van der Waals surface area contributed by atoms with Crippen LogP contribution >= 0.6 is 0 Å². The molecular formula is C20H19F3N4O2. The molecule has 6 nitrogen and oxygen atoms in total. The molecule has 0 aliphatic carbocycles. The zero-order chi connectivity index (χ0) is 20.9. The van der Waals surface area contributed by atoms with Crippen LogP contribution in [0.15, 0.2) is 42.6 Å². The predicted octanol–water partition coefficient (Wildman–Crippen LogP) is 2.85. The van der Waals surface area contributed by atoms with E-state index < -0.39 is 18.7 Å². The fourth-order valence-electron chi connectivity index (χ4n) is 3.04. The van der Waals surface area contributed by atoms with E-state index in [1.807, 2.05) is 12.1 Å². The fourth-order valence-corrected chi connectivity index (χ4v) is 3.04. The van der Waals surface area contributed by atoms with E-state index in [0.717, 1.165) is 5.56 Å². The Labute approximate surface area is 166 Å². The van der Waals surface area contributed by atoms with E-state index in [4.69, 9.17) is 10.00 Å². The SMILES string of the molecule is N#Cc1ccc(CN2CCN(C(=O)c3cccnc3OCC(F)(F)F)CC2)cc1. The lowest BCUT2D eigenvalue weighted by atomic mass is 10.1. The molecule has 2 aromatic rings. The monoisotopic (exact) mass is 404 g/mol. The van der Waals surface area contributed by atoms with E-state index in [1.165, 1.54) is 18.3 Å². The summed E-state index contributed by atoms with van der Waals surface area (Å²) in [5.41, 5.74) is 1.69. The zero-order valence-corrected chi connectivity index (χ0v) is 15.5. The van der Waals surface area contributed by atoms with Crippen LogP contribution in [-0.4, -0.2) is 59.7 Å². The maximum Gasteiger partial charge on any atom is 0.422 e. The van der Waals surface area contributed by atoms with E-state index in [-0.39, 0.29) is 11.4 Å². The summed E-state index contributed by atoms with van der Waals surface area (Å²) in [6.45, 7) is 1.35. The van der Waals surface area contributed by atoms with Crippen LogP contribution in [0.1, 0.15) is 21.5 Å². The summed E-state index contributed by atoms with van der Waals surface area (Å²) >= 11 is 0. The molecule has 0 bridgehead atoms. The Morgan fingerprint density at radius 3 is 2.45 bits per heavy atom. The molecule has 0 unspecified atom stereocenters. The molecule has 9 heteroatoms. The maximum atomic E-state index is 12.8. The molecule has 1 aromatic heterocycles. The number of aromatic nitrogens is 1. The molecule has 29 heavy (non-hydrogen) atoms. The third-order valence-corrected chi connectivity index (χ3v) is 4.52. The number of ether oxygens (including phenoxy) is 1. The molecule has 0 radical (unpaired) electrons. The largest absolute Gasteiger partial charge is 0.467 e. The second kappa shape index (κ2) is 8.92. The van der Waals surface area contributed by atoms with Crippen molar-refractivity contribution in [3.05, 3.63) is 59.3 Å². The third-order valence-electron chi connectivity index (χ3n) is 4.52. The van der Waals surface area contributed by atoms with Gasteiger partial charge in [0.25, 0.3) is 5.91 Å². The molecule has 0 saturated carbocycles. The first-order chi connectivity index (χ1) is 13.9. The van der Waals surface area contributed by atoms with E-state index in [0.29, 0.717) is 38.3 Å². The van der Waals surface area contributed by atoms with Gasteiger partial charge in [-0.3, -0.25) is 9.69 Å². The highest BCUT2D eigenvalue weighted by molar-refractivity contribution is 5.96. The molecule has 1 aliphatic heterocycles. The Bertz CT molecular complexity index is 886. The van der Waals surface area contributed by atoms with Gasteiger partial charge in [0.1, 0.15) is 5.56 Å². The standard InChI is InChI=1S/C20H19F3N4O2/c21-20(22,23)14-29-18-17(2-1-7-25-18)19(28)27-10-8-26(9-11-27)13-16-5-3-15(12-24)4-6-16/h1-7H,8-11,13-14H2. The zero-order valence-electron chi connectivity index (χ0n) is 15.5. The summed E-state index contributed by atoms with van der Waals surface area (Å²) in [4.78, 5) is 20.3. The van der Waals surface area contributed by atoms with Gasteiger partial charge >= 0.3 is 6.18 Å². The van der Waals surface area contributed by atoms with Crippen LogP contribution < -0.4 is 4.74 Å². The Morgan fingerprint density at radius 1 is 1.14 bits per heavy atom. The second-order valence-corrected chi connectivity index (χ2v) is 6.64. The molecule has 1 aliphatic rings. The van der Waals surface area contributed by atoms with Gasteiger partial charge < -0.3 is 9.64 Å². The highest BCUT2D eigenvalue weighted by atomic mass is 19.4. The number of nitriles is 1. The normalized spacial score (nSPS) is 15.0. The van der Waals surface area contributed by atoms with Crippen molar-refractivity contribution in [3.63, 3.8) is 0 Å². The van der Waals surface area contributed by atoms with Crippen LogP contribution in [0, 0.1) is 11.3 Å². The summed E-state index contributed by atoms with van der Waals surface area (Å²) in [5.74, 6) is -0.705. The van der Waals surface area contributed by atoms with E-state index in [2.05, 4.69) is 16.0 Å². The molecule has 1 fully saturated rings. The van der Waals surface area contributed by atoms with Crippen LogP contribution in [0.4, 0.5) is 13.2 Å². The Hall–Kier alpha value is -3.12. The number of alkyl halides is 3. The summed E-state index contributed by atoms with van der Waals surface area (Å²) in [7, 11) is 0. The summed E-state index contributed by atoms with van der Waals surface area (Å²) in [5, 5.41) is 8.85. The van der Waals surface area contributed by atoms with Crippen molar-refractivity contribution < 1.29 is 22.7 Å². The average Bonchev–Trinajstić information content (AvgIpc) is 2.72. The molecule has 152 valence electrons. The van der Waals surface area contributed by atoms with Gasteiger partial charge in [-0.05, 0) is 29.8 Å². The van der Waals surface area contributed by atoms with Crippen LogP contribution in [0.5, 0.6) is 5.88 Å². The molecule has 3 rings (SSSR count). The minimum atomic E-state index is -4.51. The summed E-state index contributed by atoms with van der Waals surface area (Å²) in [6.07, 6.45) is -3.22. The number of halogens is 3. The minimum absolute atomic E-state index is 0.0253. The van der Waals surface area contributed by atoms with Gasteiger partial charge in [-0.25, -0.2) is 4.98 Å². The summed E-state index contributed by atoms with van der Waals surface area (Å²) < 4.78 is 42.0. The van der Waals surface area contributed by atoms with Crippen LogP contribution in [0.25, 0.3) is 0 Å². The highest BCUT2D eigenvalue weighted by Crippen LogP contribution is 2.22. The number of piperazine rings is 1. The van der Waals surface area contributed by atoms with Crippen molar-refractivity contribution in [2.75, 3.05) is 32.8 Å². The lowest BCUT2D eigenvalue weighted by Crippen LogP contribution is -2.48. The molecular weight excluding hydrogens is 385 g/mol. The summed E-state index contributed by atoms with van der Waals surface area (Å²) in [6, 6.07) is 12.3. The molecule has 2 heterocycles. The molecule has 0 atom stereocenters. The predicted molar refractivity (Wildman–Crippen MR) is 98.1 cm³/mol. The van der Waals surface area contributed by atoms with Gasteiger partial charge in [0, 0.05) is 38.9 Å². The van der Waals surface area contributed by atoms with E-state index in [1.54, 1.807) is 17.0 Å². The van der Waals surface area contributed by atoms with Crippen LogP contribution in [0.3, 0.4) is 0 Å². The Balaban J connectivity index is 1.58. The maximum absolute atomic E-state index is 12.8. The molecule has 1 aromatic carbocycles. The third kappa shape index (κ3) is 5.68. The van der Waals surface area contributed by atoms with Gasteiger partial charge in [0.05, 0.1) is 11.6 Å². The highest BCUT2D eigenvalue weighted by Gasteiger charge is 2.30. The number of nitrogens with zero attached hydrogens (tertiary/aromatic N) is 4. The quantitative estimate of drug-likeness (QED) is 0.767. The number of rotatable bonds is 5. The van der Waals surface area contributed by atoms with Crippen molar-refractivity contribution in [2.45, 2.75) is 12.7 Å². The van der Waals surface area contributed by atoms with Crippen molar-refractivity contribution in [1.82, 2.24) is 14.8 Å². The van der Waals surface area contributed by atoms with Crippen molar-refractivity contribution in [3.8, 4) is 11.9 Å². The van der Waals surface area contributed by atoms with Crippen molar-refractivity contribution >= 4 is 5.91 Å². The van der Waals surface area contributed by atoms with Gasteiger partial charge in [0.2, 0.25) is 5.88 Å². The molecule has 1 saturated heterocycles. The van der Waals surface area contributed by atoms with E-state index in [9.17, 15) is 18.0 Å². The number of carbonyl (C=O) groups is 1. The number of amides is 1. The molecule has 1 amide bonds. The van der Waals surface area contributed by atoms with Gasteiger partial charge in [0.15, 0.2) is 6.61 Å². The van der Waals surface area contributed by atoms with Gasteiger partial charge in [-0.15, -0.1) is 0 Å².